The van der Waals surface area contributed by atoms with Crippen molar-refractivity contribution >= 4 is 35.0 Å². The van der Waals surface area contributed by atoms with E-state index in [9.17, 15) is 19.8 Å². The number of aliphatic carboxylic acids is 2. The topological polar surface area (TPSA) is 136 Å². The molecule has 1 saturated carbocycles. The van der Waals surface area contributed by atoms with E-state index in [4.69, 9.17) is 11.6 Å². The lowest BCUT2D eigenvalue weighted by atomic mass is 9.81. The molecule has 1 aliphatic carbocycles. The van der Waals surface area contributed by atoms with Crippen LogP contribution in [-0.2, 0) is 22.6 Å². The van der Waals surface area contributed by atoms with E-state index >= 15 is 0 Å². The van der Waals surface area contributed by atoms with E-state index < -0.39 is 30.2 Å². The van der Waals surface area contributed by atoms with Crippen LogP contribution in [0.15, 0.2) is 48.8 Å². The molecule has 1 aromatic heterocycles. The third-order valence-electron chi connectivity index (χ3n) is 7.47. The Morgan fingerprint density at radius 3 is 2.59 bits per heavy atom. The van der Waals surface area contributed by atoms with Gasteiger partial charge in [-0.25, -0.2) is 9.97 Å². The maximum atomic E-state index is 12.0. The number of carboxylic acid groups (broad SMARTS) is 2. The molecule has 9 nitrogen and oxygen atoms in total. The fourth-order valence-corrected chi connectivity index (χ4v) is 5.38. The smallest absolute Gasteiger partial charge is 0.307 e. The number of nitrogens with zero attached hydrogens (tertiary/aromatic N) is 2. The SMILES string of the molecule is O=C(O)CC(C(=O)O)C1CNCCc2c1ccc(Cl)c2NCc1ccc(-c2cc(NCC3CC3)ncn2)cc1. The molecule has 10 heteroatoms. The van der Waals surface area contributed by atoms with Gasteiger partial charge in [0.25, 0.3) is 0 Å². The van der Waals surface area contributed by atoms with Crippen molar-refractivity contribution in [2.45, 2.75) is 38.1 Å². The van der Waals surface area contributed by atoms with Crippen molar-refractivity contribution in [3.05, 3.63) is 70.5 Å². The Bertz CT molecular complexity index is 1350. The van der Waals surface area contributed by atoms with Crippen molar-refractivity contribution in [2.24, 2.45) is 11.8 Å². The standard InChI is InChI=1S/C29H32ClN5O4/c30-24-8-7-20-21(9-10-31-15-23(20)22(29(38)39)11-27(36)37)28(24)33-14-18-3-5-19(6-4-18)25-12-26(35-16-34-25)32-13-17-1-2-17/h3-8,12,16-17,22-23,31,33H,1-2,9-11,13-15H2,(H,36,37)(H,38,39)(H,32,34,35). The summed E-state index contributed by atoms with van der Waals surface area (Å²) in [4.78, 5) is 32.1. The van der Waals surface area contributed by atoms with Gasteiger partial charge in [0.1, 0.15) is 12.1 Å². The van der Waals surface area contributed by atoms with Gasteiger partial charge in [-0.05, 0) is 54.5 Å². The van der Waals surface area contributed by atoms with Crippen molar-refractivity contribution in [2.75, 3.05) is 30.3 Å². The van der Waals surface area contributed by atoms with E-state index in [-0.39, 0.29) is 0 Å². The van der Waals surface area contributed by atoms with Crippen LogP contribution in [0.4, 0.5) is 11.5 Å². The van der Waals surface area contributed by atoms with Gasteiger partial charge in [0, 0.05) is 37.2 Å². The largest absolute Gasteiger partial charge is 0.481 e. The van der Waals surface area contributed by atoms with Crippen molar-refractivity contribution in [3.8, 4) is 11.3 Å². The Hall–Kier alpha value is -3.69. The second-order valence-electron chi connectivity index (χ2n) is 10.3. The Balaban J connectivity index is 1.32. The lowest BCUT2D eigenvalue weighted by Crippen LogP contribution is -2.31. The Kier molecular flexibility index (Phi) is 8.28. The van der Waals surface area contributed by atoms with E-state index in [1.807, 2.05) is 36.4 Å². The third-order valence-corrected chi connectivity index (χ3v) is 7.78. The number of fused-ring (bicyclic) bond motifs is 1. The van der Waals surface area contributed by atoms with Crippen LogP contribution >= 0.6 is 11.6 Å². The number of halogens is 1. The summed E-state index contributed by atoms with van der Waals surface area (Å²) in [7, 11) is 0. The maximum Gasteiger partial charge on any atom is 0.307 e. The highest BCUT2D eigenvalue weighted by Crippen LogP contribution is 2.38. The van der Waals surface area contributed by atoms with Crippen LogP contribution in [0.5, 0.6) is 0 Å². The van der Waals surface area contributed by atoms with Crippen molar-refractivity contribution in [1.82, 2.24) is 15.3 Å². The van der Waals surface area contributed by atoms with Crippen LogP contribution in [0.3, 0.4) is 0 Å². The van der Waals surface area contributed by atoms with E-state index in [2.05, 4.69) is 25.9 Å². The molecular weight excluding hydrogens is 518 g/mol. The van der Waals surface area contributed by atoms with Gasteiger partial charge in [0.2, 0.25) is 0 Å². The summed E-state index contributed by atoms with van der Waals surface area (Å²) in [5.74, 6) is -2.18. The predicted molar refractivity (Wildman–Crippen MR) is 150 cm³/mol. The molecule has 0 saturated heterocycles. The van der Waals surface area contributed by atoms with Crippen LogP contribution in [0, 0.1) is 11.8 Å². The van der Waals surface area contributed by atoms with Gasteiger partial charge in [0.15, 0.2) is 0 Å². The van der Waals surface area contributed by atoms with Gasteiger partial charge in [-0.3, -0.25) is 9.59 Å². The quantitative estimate of drug-likeness (QED) is 0.232. The van der Waals surface area contributed by atoms with Crippen molar-refractivity contribution in [3.63, 3.8) is 0 Å². The second kappa shape index (κ2) is 12.0. The molecule has 39 heavy (non-hydrogen) atoms. The van der Waals surface area contributed by atoms with Gasteiger partial charge in [-0.1, -0.05) is 41.9 Å². The lowest BCUT2D eigenvalue weighted by Gasteiger charge is -2.25. The van der Waals surface area contributed by atoms with Gasteiger partial charge < -0.3 is 26.2 Å². The van der Waals surface area contributed by atoms with Crippen LogP contribution < -0.4 is 16.0 Å². The molecule has 2 aromatic carbocycles. The van der Waals surface area contributed by atoms with Crippen LogP contribution in [0.1, 0.15) is 41.9 Å². The zero-order chi connectivity index (χ0) is 27.4. The summed E-state index contributed by atoms with van der Waals surface area (Å²) in [6, 6.07) is 13.7. The van der Waals surface area contributed by atoms with Crippen LogP contribution in [0.25, 0.3) is 11.3 Å². The molecule has 2 unspecified atom stereocenters. The number of carboxylic acids is 2. The molecule has 204 valence electrons. The first-order valence-electron chi connectivity index (χ1n) is 13.2. The van der Waals surface area contributed by atoms with Crippen LogP contribution in [-0.4, -0.2) is 51.8 Å². The first-order chi connectivity index (χ1) is 18.9. The van der Waals surface area contributed by atoms with Gasteiger partial charge in [-0.15, -0.1) is 0 Å². The molecule has 5 N–H and O–H groups in total. The average molecular weight is 550 g/mol. The number of aromatic nitrogens is 2. The number of rotatable bonds is 11. The molecule has 0 bridgehead atoms. The molecule has 2 heterocycles. The summed E-state index contributed by atoms with van der Waals surface area (Å²) in [5, 5.41) is 29.8. The fraction of sp³-hybridized carbons (Fsp3) is 0.379. The Morgan fingerprint density at radius 2 is 1.87 bits per heavy atom. The molecule has 1 aliphatic heterocycles. The number of hydrogen-bond acceptors (Lipinski definition) is 7. The number of benzene rings is 2. The average Bonchev–Trinajstić information content (AvgIpc) is 3.77. The summed E-state index contributed by atoms with van der Waals surface area (Å²) >= 11 is 6.61. The number of hydrogen-bond donors (Lipinski definition) is 5. The van der Waals surface area contributed by atoms with E-state index in [1.165, 1.54) is 12.8 Å². The number of anilines is 2. The van der Waals surface area contributed by atoms with E-state index in [1.54, 1.807) is 12.4 Å². The molecule has 1 fully saturated rings. The first kappa shape index (κ1) is 26.9. The van der Waals surface area contributed by atoms with Crippen LogP contribution in [0.2, 0.25) is 5.02 Å². The highest BCUT2D eigenvalue weighted by Gasteiger charge is 2.34. The summed E-state index contributed by atoms with van der Waals surface area (Å²) < 4.78 is 0. The molecule has 0 radical (unpaired) electrons. The third kappa shape index (κ3) is 6.66. The van der Waals surface area contributed by atoms with Gasteiger partial charge >= 0.3 is 11.9 Å². The molecular formula is C29H32ClN5O4. The fourth-order valence-electron chi connectivity index (χ4n) is 5.14. The summed E-state index contributed by atoms with van der Waals surface area (Å²) in [6.45, 7) is 2.49. The monoisotopic (exact) mass is 549 g/mol. The summed E-state index contributed by atoms with van der Waals surface area (Å²) in [5.41, 5.74) is 5.41. The zero-order valence-electron chi connectivity index (χ0n) is 21.5. The van der Waals surface area contributed by atoms with Gasteiger partial charge in [-0.2, -0.15) is 0 Å². The van der Waals surface area contributed by atoms with Crippen molar-refractivity contribution < 1.29 is 19.8 Å². The number of carbonyl (C=O) groups is 2. The normalized spacial score (nSPS) is 17.5. The molecule has 2 atom stereocenters. The Morgan fingerprint density at radius 1 is 1.08 bits per heavy atom. The van der Waals surface area contributed by atoms with E-state index in [0.29, 0.717) is 31.1 Å². The molecule has 5 rings (SSSR count). The maximum absolute atomic E-state index is 12.0. The molecule has 2 aliphatic rings. The first-order valence-corrected chi connectivity index (χ1v) is 13.6. The summed E-state index contributed by atoms with van der Waals surface area (Å²) in [6.07, 6.45) is 4.35. The minimum absolute atomic E-state index is 0.390. The number of nitrogens with one attached hydrogen (secondary N) is 3. The minimum atomic E-state index is -1.13. The lowest BCUT2D eigenvalue weighted by molar-refractivity contribution is -0.149. The van der Waals surface area contributed by atoms with Gasteiger partial charge in [0.05, 0.1) is 28.7 Å². The second-order valence-corrected chi connectivity index (χ2v) is 10.7. The van der Waals surface area contributed by atoms with E-state index in [0.717, 1.165) is 51.9 Å². The Labute approximate surface area is 232 Å². The van der Waals surface area contributed by atoms with Crippen molar-refractivity contribution in [1.29, 1.82) is 0 Å². The highest BCUT2D eigenvalue weighted by molar-refractivity contribution is 6.33. The minimum Gasteiger partial charge on any atom is -0.481 e. The zero-order valence-corrected chi connectivity index (χ0v) is 22.2. The highest BCUT2D eigenvalue weighted by atomic mass is 35.5. The predicted octanol–water partition coefficient (Wildman–Crippen LogP) is 4.64. The molecule has 3 aromatic rings. The molecule has 0 spiro atoms. The molecule has 0 amide bonds.